The topological polar surface area (TPSA) is 109 Å². The molecule has 0 aromatic heterocycles. The Kier molecular flexibility index (Phi) is 10.8. The van der Waals surface area contributed by atoms with E-state index in [9.17, 15) is 14.4 Å². The van der Waals surface area contributed by atoms with Gasteiger partial charge in [-0.3, -0.25) is 30.6 Å². The first-order chi connectivity index (χ1) is 15.9. The minimum atomic E-state index is -0.448. The first-order valence-electron chi connectivity index (χ1n) is 11.0. The lowest BCUT2D eigenvalue weighted by atomic mass is 10.2. The summed E-state index contributed by atoms with van der Waals surface area (Å²) >= 11 is 5.11. The summed E-state index contributed by atoms with van der Waals surface area (Å²) < 4.78 is 5.76. The monoisotopic (exact) mass is 470 g/mol. The number of hydrogen-bond donors (Lipinski definition) is 4. The van der Waals surface area contributed by atoms with Gasteiger partial charge in [0.15, 0.2) is 5.11 Å². The van der Waals surface area contributed by atoms with E-state index in [2.05, 4.69) is 28.4 Å². The van der Waals surface area contributed by atoms with Crippen molar-refractivity contribution in [3.8, 4) is 5.75 Å². The van der Waals surface area contributed by atoms with Gasteiger partial charge in [0.2, 0.25) is 5.91 Å². The number of hydrogen-bond acceptors (Lipinski definition) is 5. The Labute approximate surface area is 199 Å². The zero-order valence-corrected chi connectivity index (χ0v) is 19.7. The highest BCUT2D eigenvalue weighted by Crippen LogP contribution is 2.18. The number of unbranched alkanes of at least 4 members (excludes halogenated alkanes) is 3. The highest BCUT2D eigenvalue weighted by atomic mass is 32.1. The van der Waals surface area contributed by atoms with Crippen molar-refractivity contribution in [2.45, 2.75) is 46.0 Å². The summed E-state index contributed by atoms with van der Waals surface area (Å²) in [5, 5.41) is 5.18. The second-order valence-electron chi connectivity index (χ2n) is 7.25. The Hall–Kier alpha value is -3.46. The van der Waals surface area contributed by atoms with Crippen LogP contribution in [-0.2, 0) is 4.79 Å². The molecule has 2 aromatic rings. The molecule has 2 rings (SSSR count). The molecule has 0 atom stereocenters. The van der Waals surface area contributed by atoms with Gasteiger partial charge in [-0.1, -0.05) is 45.2 Å². The van der Waals surface area contributed by atoms with Gasteiger partial charge >= 0.3 is 0 Å². The molecule has 0 saturated carbocycles. The van der Waals surface area contributed by atoms with E-state index in [-0.39, 0.29) is 11.0 Å². The maximum absolute atomic E-state index is 12.6. The van der Waals surface area contributed by atoms with Gasteiger partial charge in [0, 0.05) is 17.7 Å². The summed E-state index contributed by atoms with van der Waals surface area (Å²) in [5.41, 5.74) is 6.25. The van der Waals surface area contributed by atoms with E-state index in [1.807, 2.05) is 0 Å². The molecule has 0 spiro atoms. The molecule has 4 N–H and O–H groups in total. The van der Waals surface area contributed by atoms with Crippen molar-refractivity contribution in [1.29, 1.82) is 0 Å². The summed E-state index contributed by atoms with van der Waals surface area (Å²) in [7, 11) is 0. The van der Waals surface area contributed by atoms with Gasteiger partial charge in [-0.2, -0.15) is 0 Å². The van der Waals surface area contributed by atoms with Crippen LogP contribution in [0.1, 0.15) is 66.7 Å². The Morgan fingerprint density at radius 3 is 2.30 bits per heavy atom. The van der Waals surface area contributed by atoms with Crippen molar-refractivity contribution in [2.75, 3.05) is 11.9 Å². The predicted molar refractivity (Wildman–Crippen MR) is 132 cm³/mol. The molecule has 3 amide bonds. The molecule has 0 bridgehead atoms. The molecule has 0 heterocycles. The van der Waals surface area contributed by atoms with E-state index in [0.29, 0.717) is 35.6 Å². The Balaban J connectivity index is 1.84. The van der Waals surface area contributed by atoms with Gasteiger partial charge in [-0.05, 0) is 55.0 Å². The summed E-state index contributed by atoms with van der Waals surface area (Å²) in [6.45, 7) is 4.43. The first kappa shape index (κ1) is 25.8. The number of nitrogens with one attached hydrogen (secondary N) is 4. The SMILES string of the molecule is CCCCCCOc1ccccc1C(=O)NC(=S)NNC(=O)c1ccc(NC(=O)CC)cc1. The number of hydrazine groups is 1. The fraction of sp³-hybridized carbons (Fsp3) is 0.333. The second-order valence-corrected chi connectivity index (χ2v) is 7.65. The zero-order valence-electron chi connectivity index (χ0n) is 18.9. The molecule has 0 aliphatic heterocycles. The molecule has 0 radical (unpaired) electrons. The molecule has 176 valence electrons. The maximum Gasteiger partial charge on any atom is 0.269 e. The van der Waals surface area contributed by atoms with E-state index in [1.165, 1.54) is 0 Å². The molecule has 0 unspecified atom stereocenters. The lowest BCUT2D eigenvalue weighted by molar-refractivity contribution is -0.115. The van der Waals surface area contributed by atoms with E-state index >= 15 is 0 Å². The number of rotatable bonds is 10. The van der Waals surface area contributed by atoms with Crippen molar-refractivity contribution >= 4 is 40.7 Å². The number of ether oxygens (including phenoxy) is 1. The predicted octanol–water partition coefficient (Wildman–Crippen LogP) is 3.94. The van der Waals surface area contributed by atoms with Crippen molar-refractivity contribution in [3.63, 3.8) is 0 Å². The smallest absolute Gasteiger partial charge is 0.269 e. The van der Waals surface area contributed by atoms with Gasteiger partial charge in [-0.25, -0.2) is 0 Å². The van der Waals surface area contributed by atoms with E-state index < -0.39 is 11.8 Å². The molecule has 2 aromatic carbocycles. The fourth-order valence-corrected chi connectivity index (χ4v) is 2.98. The van der Waals surface area contributed by atoms with Crippen LogP contribution in [0.3, 0.4) is 0 Å². The molecule has 0 aliphatic carbocycles. The lowest BCUT2D eigenvalue weighted by Gasteiger charge is -2.13. The zero-order chi connectivity index (χ0) is 24.1. The number of benzene rings is 2. The Morgan fingerprint density at radius 1 is 0.879 bits per heavy atom. The standard InChI is InChI=1S/C24H30N4O4S/c1-3-5-6-9-16-32-20-11-8-7-10-19(20)23(31)26-24(33)28-27-22(30)17-12-14-18(15-13-17)25-21(29)4-2/h7-8,10-15H,3-6,9,16H2,1-2H3,(H,25,29)(H,27,30)(H2,26,28,31,33). The second kappa shape index (κ2) is 13.8. The summed E-state index contributed by atoms with van der Waals surface area (Å²) in [6, 6.07) is 13.3. The molecule has 0 fully saturated rings. The first-order valence-corrected chi connectivity index (χ1v) is 11.4. The van der Waals surface area contributed by atoms with Crippen LogP contribution >= 0.6 is 12.2 Å². The summed E-state index contributed by atoms with van der Waals surface area (Å²) in [6.07, 6.45) is 4.65. The Morgan fingerprint density at radius 2 is 1.61 bits per heavy atom. The van der Waals surface area contributed by atoms with Crippen LogP contribution in [0.4, 0.5) is 5.69 Å². The van der Waals surface area contributed by atoms with Crippen LogP contribution < -0.4 is 26.2 Å². The van der Waals surface area contributed by atoms with E-state index in [4.69, 9.17) is 17.0 Å². The molecule has 0 aliphatic rings. The van der Waals surface area contributed by atoms with Crippen LogP contribution in [0.2, 0.25) is 0 Å². The number of carbonyl (C=O) groups is 3. The van der Waals surface area contributed by atoms with Gasteiger partial charge < -0.3 is 10.1 Å². The molecular weight excluding hydrogens is 440 g/mol. The van der Waals surface area contributed by atoms with E-state index in [0.717, 1.165) is 25.7 Å². The lowest BCUT2D eigenvalue weighted by Crippen LogP contribution is -2.48. The third kappa shape index (κ3) is 8.89. The maximum atomic E-state index is 12.6. The van der Waals surface area contributed by atoms with E-state index in [1.54, 1.807) is 55.5 Å². The number of amides is 3. The highest BCUT2D eigenvalue weighted by molar-refractivity contribution is 7.80. The van der Waals surface area contributed by atoms with Crippen LogP contribution in [0.25, 0.3) is 0 Å². The third-order valence-corrected chi connectivity index (χ3v) is 4.86. The van der Waals surface area contributed by atoms with Crippen LogP contribution in [0.5, 0.6) is 5.75 Å². The quantitative estimate of drug-likeness (QED) is 0.238. The largest absolute Gasteiger partial charge is 0.493 e. The normalized spacial score (nSPS) is 10.1. The Bertz CT molecular complexity index is 963. The summed E-state index contributed by atoms with van der Waals surface area (Å²) in [4.78, 5) is 36.3. The van der Waals surface area contributed by atoms with Crippen LogP contribution in [0, 0.1) is 0 Å². The molecule has 8 nitrogen and oxygen atoms in total. The van der Waals surface area contributed by atoms with Crippen molar-refractivity contribution in [3.05, 3.63) is 59.7 Å². The molecule has 9 heteroatoms. The van der Waals surface area contributed by atoms with Gasteiger partial charge in [0.1, 0.15) is 5.75 Å². The molecular formula is C24H30N4O4S. The van der Waals surface area contributed by atoms with Crippen molar-refractivity contribution in [2.24, 2.45) is 0 Å². The van der Waals surface area contributed by atoms with Crippen LogP contribution in [0.15, 0.2) is 48.5 Å². The third-order valence-electron chi connectivity index (χ3n) is 4.66. The van der Waals surface area contributed by atoms with Crippen molar-refractivity contribution in [1.82, 2.24) is 16.2 Å². The van der Waals surface area contributed by atoms with Crippen molar-refractivity contribution < 1.29 is 19.1 Å². The molecule has 33 heavy (non-hydrogen) atoms. The minimum absolute atomic E-state index is 0.0575. The average molecular weight is 471 g/mol. The van der Waals surface area contributed by atoms with Gasteiger partial charge in [0.25, 0.3) is 11.8 Å². The number of para-hydroxylation sites is 1. The number of carbonyl (C=O) groups excluding carboxylic acids is 3. The average Bonchev–Trinajstić information content (AvgIpc) is 2.83. The fourth-order valence-electron chi connectivity index (χ4n) is 2.83. The summed E-state index contributed by atoms with van der Waals surface area (Å²) in [5.74, 6) is -0.523. The number of thiocarbonyl (C=S) groups is 1. The minimum Gasteiger partial charge on any atom is -0.493 e. The number of anilines is 1. The molecule has 0 saturated heterocycles. The van der Waals surface area contributed by atoms with Gasteiger partial charge in [-0.15, -0.1) is 0 Å². The van der Waals surface area contributed by atoms with Gasteiger partial charge in [0.05, 0.1) is 12.2 Å². The highest BCUT2D eigenvalue weighted by Gasteiger charge is 2.14. The van der Waals surface area contributed by atoms with Crippen LogP contribution in [-0.4, -0.2) is 29.4 Å².